The second-order valence-electron chi connectivity index (χ2n) is 4.62. The van der Waals surface area contributed by atoms with E-state index in [0.29, 0.717) is 0 Å². The summed E-state index contributed by atoms with van der Waals surface area (Å²) in [5, 5.41) is 0. The predicted octanol–water partition coefficient (Wildman–Crippen LogP) is 5.80. The van der Waals surface area contributed by atoms with Crippen molar-refractivity contribution < 1.29 is 4.79 Å². The third-order valence-electron chi connectivity index (χ3n) is 3.09. The number of hydrogen-bond donors (Lipinski definition) is 0. The lowest BCUT2D eigenvalue weighted by Gasteiger charge is -2.10. The molecule has 3 aromatic rings. The molecule has 0 unspecified atom stereocenters. The van der Waals surface area contributed by atoms with E-state index in [9.17, 15) is 4.79 Å². The van der Waals surface area contributed by atoms with Crippen LogP contribution in [0.5, 0.6) is 0 Å². The van der Waals surface area contributed by atoms with Crippen molar-refractivity contribution in [3.8, 4) is 0 Å². The quantitative estimate of drug-likeness (QED) is 0.552. The Kier molecular flexibility index (Phi) is 4.99. The smallest absolute Gasteiger partial charge is 0.152 e. The zero-order chi connectivity index (χ0) is 15.2. The molecule has 0 saturated carbocycles. The Morgan fingerprint density at radius 2 is 1.05 bits per heavy atom. The molecular weight excluding hydrogens is 308 g/mol. The minimum atomic E-state index is 0.755. The van der Waals surface area contributed by atoms with E-state index < -0.39 is 0 Å². The van der Waals surface area contributed by atoms with Gasteiger partial charge in [0.25, 0.3) is 0 Å². The first-order valence-electron chi connectivity index (χ1n) is 6.91. The molecule has 0 radical (unpaired) electrons. The highest BCUT2D eigenvalue weighted by atomic mass is 32.2. The highest BCUT2D eigenvalue weighted by Crippen LogP contribution is 2.36. The van der Waals surface area contributed by atoms with Crippen LogP contribution in [0.1, 0.15) is 10.4 Å². The predicted molar refractivity (Wildman–Crippen MR) is 93.0 cm³/mol. The molecule has 0 spiro atoms. The Bertz CT molecular complexity index is 695. The van der Waals surface area contributed by atoms with E-state index in [-0.39, 0.29) is 0 Å². The Morgan fingerprint density at radius 1 is 0.591 bits per heavy atom. The van der Waals surface area contributed by atoms with Crippen molar-refractivity contribution in [3.63, 3.8) is 0 Å². The minimum Gasteiger partial charge on any atom is -0.298 e. The molecule has 1 nitrogen and oxygen atoms in total. The fourth-order valence-corrected chi connectivity index (χ4v) is 4.04. The van der Waals surface area contributed by atoms with Crippen LogP contribution in [0.3, 0.4) is 0 Å². The van der Waals surface area contributed by atoms with E-state index in [1.807, 2.05) is 54.6 Å². The average Bonchev–Trinajstić information content (AvgIpc) is 2.57. The van der Waals surface area contributed by atoms with Crippen molar-refractivity contribution in [1.29, 1.82) is 0 Å². The number of hydrogen-bond acceptors (Lipinski definition) is 3. The van der Waals surface area contributed by atoms with Gasteiger partial charge < -0.3 is 0 Å². The monoisotopic (exact) mass is 322 g/mol. The lowest BCUT2D eigenvalue weighted by molar-refractivity contribution is 0.111. The van der Waals surface area contributed by atoms with Gasteiger partial charge in [0.05, 0.1) is 0 Å². The van der Waals surface area contributed by atoms with Gasteiger partial charge in [-0.3, -0.25) is 4.79 Å². The molecule has 0 aliphatic carbocycles. The maximum Gasteiger partial charge on any atom is 0.152 e. The SMILES string of the molecule is O=Cc1c(Sc2ccccc2)cccc1Sc1ccccc1. The highest BCUT2D eigenvalue weighted by molar-refractivity contribution is 8.00. The third kappa shape index (κ3) is 3.62. The molecule has 0 bridgehead atoms. The first kappa shape index (κ1) is 14.9. The molecule has 0 aliphatic heterocycles. The number of rotatable bonds is 5. The molecule has 0 aromatic heterocycles. The molecule has 0 fully saturated rings. The van der Waals surface area contributed by atoms with Crippen molar-refractivity contribution in [2.24, 2.45) is 0 Å². The first-order valence-corrected chi connectivity index (χ1v) is 8.54. The van der Waals surface area contributed by atoms with Crippen LogP contribution < -0.4 is 0 Å². The molecule has 0 heterocycles. The Labute approximate surface area is 138 Å². The van der Waals surface area contributed by atoms with Crippen molar-refractivity contribution in [2.75, 3.05) is 0 Å². The molecule has 108 valence electrons. The summed E-state index contributed by atoms with van der Waals surface area (Å²) < 4.78 is 0. The molecule has 3 aromatic carbocycles. The van der Waals surface area contributed by atoms with Crippen LogP contribution in [0.15, 0.2) is 98.4 Å². The van der Waals surface area contributed by atoms with Crippen LogP contribution in [0.4, 0.5) is 0 Å². The number of aldehydes is 1. The first-order chi connectivity index (χ1) is 10.9. The molecule has 0 saturated heterocycles. The van der Waals surface area contributed by atoms with E-state index in [1.54, 1.807) is 23.5 Å². The zero-order valence-electron chi connectivity index (χ0n) is 11.8. The van der Waals surface area contributed by atoms with Crippen LogP contribution in [0.25, 0.3) is 0 Å². The van der Waals surface area contributed by atoms with Gasteiger partial charge in [-0.1, -0.05) is 66.0 Å². The van der Waals surface area contributed by atoms with Gasteiger partial charge in [0.15, 0.2) is 6.29 Å². The zero-order valence-corrected chi connectivity index (χ0v) is 13.4. The van der Waals surface area contributed by atoms with Gasteiger partial charge in [0.2, 0.25) is 0 Å². The molecule has 0 amide bonds. The van der Waals surface area contributed by atoms with Gasteiger partial charge in [-0.25, -0.2) is 0 Å². The Hall–Kier alpha value is -1.97. The van der Waals surface area contributed by atoms with Crippen molar-refractivity contribution in [3.05, 3.63) is 84.4 Å². The third-order valence-corrected chi connectivity index (χ3v) is 5.25. The van der Waals surface area contributed by atoms with E-state index in [4.69, 9.17) is 0 Å². The largest absolute Gasteiger partial charge is 0.298 e. The fourth-order valence-electron chi connectivity index (χ4n) is 2.05. The van der Waals surface area contributed by atoms with Crippen molar-refractivity contribution in [1.82, 2.24) is 0 Å². The lowest BCUT2D eigenvalue weighted by Crippen LogP contribution is -1.89. The molecule has 0 atom stereocenters. The summed E-state index contributed by atoms with van der Waals surface area (Å²) >= 11 is 3.24. The summed E-state index contributed by atoms with van der Waals surface area (Å²) in [6, 6.07) is 26.2. The molecule has 22 heavy (non-hydrogen) atoms. The fraction of sp³-hybridized carbons (Fsp3) is 0. The normalized spacial score (nSPS) is 10.4. The Morgan fingerprint density at radius 3 is 1.45 bits per heavy atom. The average molecular weight is 322 g/mol. The Balaban J connectivity index is 1.92. The number of carbonyl (C=O) groups excluding carboxylic acids is 1. The number of benzene rings is 3. The molecular formula is C19H14OS2. The van der Waals surface area contributed by atoms with Crippen LogP contribution >= 0.6 is 23.5 Å². The molecule has 0 aliphatic rings. The van der Waals surface area contributed by atoms with Crippen LogP contribution in [0, 0.1) is 0 Å². The summed E-state index contributed by atoms with van der Waals surface area (Å²) in [6.45, 7) is 0. The van der Waals surface area contributed by atoms with E-state index in [2.05, 4.69) is 24.3 Å². The second kappa shape index (κ2) is 7.34. The van der Waals surface area contributed by atoms with E-state index >= 15 is 0 Å². The summed E-state index contributed by atoms with van der Waals surface area (Å²) in [6.07, 6.45) is 0.955. The highest BCUT2D eigenvalue weighted by Gasteiger charge is 2.10. The maximum atomic E-state index is 11.6. The molecule has 3 rings (SSSR count). The standard InChI is InChI=1S/C19H14OS2/c20-14-17-18(21-15-8-3-1-4-9-15)12-7-13-19(17)22-16-10-5-2-6-11-16/h1-14H. The van der Waals surface area contributed by atoms with Crippen LogP contribution in [-0.2, 0) is 0 Å². The van der Waals surface area contributed by atoms with Crippen molar-refractivity contribution in [2.45, 2.75) is 19.6 Å². The van der Waals surface area contributed by atoms with Gasteiger partial charge in [0, 0.05) is 25.1 Å². The second-order valence-corrected chi connectivity index (χ2v) is 6.85. The van der Waals surface area contributed by atoms with Crippen LogP contribution in [0.2, 0.25) is 0 Å². The van der Waals surface area contributed by atoms with Gasteiger partial charge in [-0.05, 0) is 36.4 Å². The maximum absolute atomic E-state index is 11.6. The summed E-state index contributed by atoms with van der Waals surface area (Å²) in [5.74, 6) is 0. The van der Waals surface area contributed by atoms with Gasteiger partial charge in [-0.15, -0.1) is 0 Å². The molecule has 0 N–H and O–H groups in total. The molecule has 3 heteroatoms. The topological polar surface area (TPSA) is 17.1 Å². The van der Waals surface area contributed by atoms with E-state index in [0.717, 1.165) is 31.4 Å². The summed E-state index contributed by atoms with van der Waals surface area (Å²) in [7, 11) is 0. The number of carbonyl (C=O) groups is 1. The minimum absolute atomic E-state index is 0.755. The summed E-state index contributed by atoms with van der Waals surface area (Å²) in [5.41, 5.74) is 0.755. The van der Waals surface area contributed by atoms with Crippen LogP contribution in [-0.4, -0.2) is 6.29 Å². The van der Waals surface area contributed by atoms with Crippen molar-refractivity contribution >= 4 is 29.8 Å². The lowest BCUT2D eigenvalue weighted by atomic mass is 10.2. The van der Waals surface area contributed by atoms with E-state index in [1.165, 1.54) is 0 Å². The van der Waals surface area contributed by atoms with Gasteiger partial charge in [0.1, 0.15) is 0 Å². The summed E-state index contributed by atoms with van der Waals surface area (Å²) in [4.78, 5) is 15.8. The van der Waals surface area contributed by atoms with Gasteiger partial charge >= 0.3 is 0 Å². The van der Waals surface area contributed by atoms with Gasteiger partial charge in [-0.2, -0.15) is 0 Å².